The van der Waals surface area contributed by atoms with Crippen molar-refractivity contribution in [2.75, 3.05) is 25.1 Å². The molecule has 0 spiro atoms. The third kappa shape index (κ3) is 2.15. The minimum atomic E-state index is -0.683. The monoisotopic (exact) mass is 259 g/mol. The second-order valence-electron chi connectivity index (χ2n) is 3.42. The molecule has 1 aliphatic rings. The highest BCUT2D eigenvalue weighted by Gasteiger charge is 2.26. The third-order valence-corrected chi connectivity index (χ3v) is 2.68. The highest BCUT2D eigenvalue weighted by molar-refractivity contribution is 6.34. The van der Waals surface area contributed by atoms with Crippen LogP contribution in [0.4, 0.5) is 10.1 Å². The Hall–Kier alpha value is -1.49. The van der Waals surface area contributed by atoms with E-state index in [1.807, 2.05) is 0 Å². The zero-order chi connectivity index (χ0) is 12.4. The molecule has 0 aromatic heterocycles. The Morgan fingerprint density at radius 3 is 3.18 bits per heavy atom. The lowest BCUT2D eigenvalue weighted by molar-refractivity contribution is 0.0521. The molecule has 6 heteroatoms. The number of nitrogens with one attached hydrogen (secondary N) is 1. The molecular weight excluding hydrogens is 249 g/mol. The number of hydrogen-bond acceptors (Lipinski definition) is 4. The second-order valence-corrected chi connectivity index (χ2v) is 3.80. The van der Waals surface area contributed by atoms with E-state index in [9.17, 15) is 9.18 Å². The van der Waals surface area contributed by atoms with Crippen LogP contribution >= 0.6 is 11.6 Å². The molecule has 0 bridgehead atoms. The van der Waals surface area contributed by atoms with Crippen LogP contribution in [0.1, 0.15) is 17.3 Å². The molecule has 0 radical (unpaired) electrons. The molecule has 0 atom stereocenters. The minimum absolute atomic E-state index is 0.0595. The van der Waals surface area contributed by atoms with E-state index in [2.05, 4.69) is 5.32 Å². The lowest BCUT2D eigenvalue weighted by Crippen LogP contribution is -2.21. The molecule has 0 saturated heterocycles. The van der Waals surface area contributed by atoms with E-state index in [4.69, 9.17) is 21.1 Å². The van der Waals surface area contributed by atoms with E-state index in [0.717, 1.165) is 0 Å². The van der Waals surface area contributed by atoms with Gasteiger partial charge in [0.1, 0.15) is 18.0 Å². The van der Waals surface area contributed by atoms with Crippen LogP contribution in [0.2, 0.25) is 5.02 Å². The van der Waals surface area contributed by atoms with Crippen LogP contribution in [0, 0.1) is 5.82 Å². The maximum absolute atomic E-state index is 13.5. The molecule has 1 aromatic rings. The van der Waals surface area contributed by atoms with Crippen LogP contribution in [0.25, 0.3) is 0 Å². The van der Waals surface area contributed by atoms with Crippen molar-refractivity contribution in [3.63, 3.8) is 0 Å². The predicted octanol–water partition coefficient (Wildman–Crippen LogP) is 2.46. The van der Waals surface area contributed by atoms with Crippen LogP contribution in [0.5, 0.6) is 5.75 Å². The van der Waals surface area contributed by atoms with E-state index < -0.39 is 11.8 Å². The summed E-state index contributed by atoms with van der Waals surface area (Å²) in [5, 5.41) is 2.66. The average molecular weight is 260 g/mol. The van der Waals surface area contributed by atoms with Gasteiger partial charge in [-0.25, -0.2) is 9.18 Å². The van der Waals surface area contributed by atoms with E-state index in [-0.39, 0.29) is 22.9 Å². The largest absolute Gasteiger partial charge is 0.489 e. The highest BCUT2D eigenvalue weighted by Crippen LogP contribution is 2.38. The molecule has 0 saturated carbocycles. The quantitative estimate of drug-likeness (QED) is 0.829. The van der Waals surface area contributed by atoms with Crippen molar-refractivity contribution in [1.82, 2.24) is 0 Å². The molecular formula is C11H11ClFNO3. The van der Waals surface area contributed by atoms with Gasteiger partial charge in [0.25, 0.3) is 0 Å². The fourth-order valence-electron chi connectivity index (χ4n) is 1.61. The first-order valence-electron chi connectivity index (χ1n) is 5.21. The van der Waals surface area contributed by atoms with Crippen LogP contribution in [0.15, 0.2) is 6.07 Å². The maximum Gasteiger partial charge on any atom is 0.343 e. The van der Waals surface area contributed by atoms with Gasteiger partial charge >= 0.3 is 5.97 Å². The van der Waals surface area contributed by atoms with E-state index in [1.54, 1.807) is 6.92 Å². The molecule has 0 aliphatic carbocycles. The van der Waals surface area contributed by atoms with Crippen molar-refractivity contribution in [2.24, 2.45) is 0 Å². The van der Waals surface area contributed by atoms with Gasteiger partial charge in [-0.3, -0.25) is 0 Å². The molecule has 1 N–H and O–H groups in total. The zero-order valence-corrected chi connectivity index (χ0v) is 9.94. The molecule has 1 aliphatic heterocycles. The number of carbonyl (C=O) groups excluding carboxylic acids is 1. The standard InChI is InChI=1S/C11H11ClFNO3/c1-2-16-11(15)8-9(12)6(13)5-7-10(8)17-4-3-14-7/h5,14H,2-4H2,1H3. The van der Waals surface area contributed by atoms with Gasteiger partial charge in [-0.1, -0.05) is 11.6 Å². The normalized spacial score (nSPS) is 13.4. The number of halogens is 2. The summed E-state index contributed by atoms with van der Waals surface area (Å²) in [4.78, 5) is 11.7. The first-order valence-corrected chi connectivity index (χ1v) is 5.58. The average Bonchev–Trinajstić information content (AvgIpc) is 2.31. The third-order valence-electron chi connectivity index (χ3n) is 2.32. The lowest BCUT2D eigenvalue weighted by atomic mass is 10.1. The van der Waals surface area contributed by atoms with Gasteiger partial charge in [-0.05, 0) is 6.92 Å². The highest BCUT2D eigenvalue weighted by atomic mass is 35.5. The topological polar surface area (TPSA) is 47.6 Å². The molecule has 92 valence electrons. The zero-order valence-electron chi connectivity index (χ0n) is 9.18. The molecule has 0 fully saturated rings. The Morgan fingerprint density at radius 1 is 1.71 bits per heavy atom. The molecule has 17 heavy (non-hydrogen) atoms. The SMILES string of the molecule is CCOC(=O)c1c(Cl)c(F)cc2c1OCCN2. The molecule has 0 amide bonds. The Kier molecular flexibility index (Phi) is 3.38. The Bertz CT molecular complexity index is 465. The predicted molar refractivity (Wildman–Crippen MR) is 61.4 cm³/mol. The molecule has 1 heterocycles. The van der Waals surface area contributed by atoms with Crippen molar-refractivity contribution in [3.8, 4) is 5.75 Å². The van der Waals surface area contributed by atoms with E-state index in [1.165, 1.54) is 6.07 Å². The smallest absolute Gasteiger partial charge is 0.343 e. The van der Waals surface area contributed by atoms with Gasteiger partial charge in [0, 0.05) is 12.6 Å². The first kappa shape index (κ1) is 12.0. The summed E-state index contributed by atoms with van der Waals surface area (Å²) in [5.74, 6) is -1.11. The van der Waals surface area contributed by atoms with Gasteiger partial charge in [0.2, 0.25) is 0 Å². The van der Waals surface area contributed by atoms with Crippen molar-refractivity contribution >= 4 is 23.3 Å². The van der Waals surface area contributed by atoms with Crippen LogP contribution < -0.4 is 10.1 Å². The van der Waals surface area contributed by atoms with Crippen LogP contribution in [0.3, 0.4) is 0 Å². The Balaban J connectivity index is 2.54. The molecule has 0 unspecified atom stereocenters. The fourth-order valence-corrected chi connectivity index (χ4v) is 1.83. The van der Waals surface area contributed by atoms with Crippen molar-refractivity contribution in [3.05, 3.63) is 22.5 Å². The minimum Gasteiger partial charge on any atom is -0.489 e. The van der Waals surface area contributed by atoms with Gasteiger partial charge in [0.15, 0.2) is 5.75 Å². The van der Waals surface area contributed by atoms with E-state index >= 15 is 0 Å². The summed E-state index contributed by atoms with van der Waals surface area (Å²) in [6, 6.07) is 1.21. The van der Waals surface area contributed by atoms with Gasteiger partial charge in [-0.15, -0.1) is 0 Å². The summed E-state index contributed by atoms with van der Waals surface area (Å²) in [6.07, 6.45) is 0. The maximum atomic E-state index is 13.5. The number of hydrogen-bond donors (Lipinski definition) is 1. The number of anilines is 1. The van der Waals surface area contributed by atoms with Crippen molar-refractivity contribution < 1.29 is 18.7 Å². The number of carbonyl (C=O) groups is 1. The summed E-state index contributed by atoms with van der Waals surface area (Å²) < 4.78 is 23.7. The number of esters is 1. The lowest BCUT2D eigenvalue weighted by Gasteiger charge is -2.22. The summed E-state index contributed by atoms with van der Waals surface area (Å²) in [7, 11) is 0. The molecule has 1 aromatic carbocycles. The number of ether oxygens (including phenoxy) is 2. The fraction of sp³-hybridized carbons (Fsp3) is 0.364. The summed E-state index contributed by atoms with van der Waals surface area (Å²) in [5.41, 5.74) is 0.358. The van der Waals surface area contributed by atoms with Crippen LogP contribution in [-0.2, 0) is 4.74 Å². The van der Waals surface area contributed by atoms with Crippen molar-refractivity contribution in [1.29, 1.82) is 0 Å². The first-order chi connectivity index (χ1) is 8.15. The summed E-state index contributed by atoms with van der Waals surface area (Å²) >= 11 is 5.78. The second kappa shape index (κ2) is 4.79. The van der Waals surface area contributed by atoms with Crippen LogP contribution in [-0.4, -0.2) is 25.7 Å². The van der Waals surface area contributed by atoms with Gasteiger partial charge in [-0.2, -0.15) is 0 Å². The van der Waals surface area contributed by atoms with Crippen molar-refractivity contribution in [2.45, 2.75) is 6.92 Å². The van der Waals surface area contributed by atoms with Gasteiger partial charge < -0.3 is 14.8 Å². The van der Waals surface area contributed by atoms with E-state index in [0.29, 0.717) is 18.8 Å². The number of rotatable bonds is 2. The number of fused-ring (bicyclic) bond motifs is 1. The van der Waals surface area contributed by atoms with Gasteiger partial charge in [0.05, 0.1) is 17.3 Å². The summed E-state index contributed by atoms with van der Waals surface area (Å²) in [6.45, 7) is 2.79. The molecule has 2 rings (SSSR count). The molecule has 4 nitrogen and oxygen atoms in total. The number of benzene rings is 1. The Morgan fingerprint density at radius 2 is 2.47 bits per heavy atom. The Labute approximate surface area is 103 Å².